The molecule has 132 valence electrons. The Morgan fingerprint density at radius 2 is 1.85 bits per heavy atom. The van der Waals surface area contributed by atoms with E-state index in [1.54, 1.807) is 31.2 Å². The maximum atomic E-state index is 13.2. The molecule has 2 aromatic carbocycles. The molecule has 0 fully saturated rings. The molecule has 1 N–H and O–H groups in total. The van der Waals surface area contributed by atoms with E-state index in [9.17, 15) is 14.0 Å². The van der Waals surface area contributed by atoms with Crippen molar-refractivity contribution in [2.75, 3.05) is 11.9 Å². The highest BCUT2D eigenvalue weighted by Crippen LogP contribution is 2.16. The fraction of sp³-hybridized carbons (Fsp3) is 0.105. The summed E-state index contributed by atoms with van der Waals surface area (Å²) in [5.41, 5.74) is 0.145. The summed E-state index contributed by atoms with van der Waals surface area (Å²) in [4.78, 5) is 24.8. The summed E-state index contributed by atoms with van der Waals surface area (Å²) in [5.74, 6) is -0.879. The van der Waals surface area contributed by atoms with E-state index in [4.69, 9.17) is 4.74 Å². The first kappa shape index (κ1) is 17.3. The normalized spacial score (nSPS) is 10.4. The van der Waals surface area contributed by atoms with Crippen molar-refractivity contribution in [2.24, 2.45) is 0 Å². The predicted octanol–water partition coefficient (Wildman–Crippen LogP) is 3.02. The number of hydrogen-bond donors (Lipinski definition) is 1. The van der Waals surface area contributed by atoms with Gasteiger partial charge in [-0.25, -0.2) is 9.07 Å². The SMILES string of the molecule is CCOc1cc(=O)c(C(=O)Nc2ccccc2)nn1-c1ccc(F)cc1. The van der Waals surface area contributed by atoms with Gasteiger partial charge in [0, 0.05) is 5.69 Å². The number of rotatable bonds is 5. The van der Waals surface area contributed by atoms with Crippen molar-refractivity contribution in [2.45, 2.75) is 6.92 Å². The summed E-state index contributed by atoms with van der Waals surface area (Å²) in [6, 6.07) is 15.4. The van der Waals surface area contributed by atoms with E-state index in [1.807, 2.05) is 6.07 Å². The molecule has 0 radical (unpaired) electrons. The van der Waals surface area contributed by atoms with Gasteiger partial charge in [-0.1, -0.05) is 18.2 Å². The topological polar surface area (TPSA) is 73.2 Å². The second-order valence-corrected chi connectivity index (χ2v) is 5.34. The molecule has 0 atom stereocenters. The lowest BCUT2D eigenvalue weighted by atomic mass is 10.3. The van der Waals surface area contributed by atoms with Gasteiger partial charge < -0.3 is 10.1 Å². The Kier molecular flexibility index (Phi) is 5.07. The molecule has 0 spiro atoms. The highest BCUT2D eigenvalue weighted by molar-refractivity contribution is 6.02. The molecule has 1 aromatic heterocycles. The summed E-state index contributed by atoms with van der Waals surface area (Å²) in [6.45, 7) is 2.06. The first-order valence-electron chi connectivity index (χ1n) is 7.98. The minimum absolute atomic E-state index is 0.167. The molecule has 1 amide bonds. The van der Waals surface area contributed by atoms with Gasteiger partial charge in [-0.3, -0.25) is 9.59 Å². The molecule has 0 aliphatic rings. The third kappa shape index (κ3) is 3.77. The zero-order chi connectivity index (χ0) is 18.5. The lowest BCUT2D eigenvalue weighted by molar-refractivity contribution is 0.101. The van der Waals surface area contributed by atoms with E-state index in [1.165, 1.54) is 35.0 Å². The van der Waals surface area contributed by atoms with E-state index >= 15 is 0 Å². The molecule has 3 aromatic rings. The van der Waals surface area contributed by atoms with Gasteiger partial charge in [-0.2, -0.15) is 5.10 Å². The number of amides is 1. The van der Waals surface area contributed by atoms with Crippen LogP contribution in [0.15, 0.2) is 65.5 Å². The third-order valence-corrected chi connectivity index (χ3v) is 3.51. The number of nitrogens with zero attached hydrogens (tertiary/aromatic N) is 2. The van der Waals surface area contributed by atoms with Gasteiger partial charge in [0.1, 0.15) is 5.82 Å². The molecule has 7 heteroatoms. The molecule has 0 bridgehead atoms. The Morgan fingerprint density at radius 1 is 1.15 bits per heavy atom. The molecule has 0 unspecified atom stereocenters. The summed E-state index contributed by atoms with van der Waals surface area (Å²) in [5, 5.41) is 6.75. The highest BCUT2D eigenvalue weighted by atomic mass is 19.1. The van der Waals surface area contributed by atoms with Crippen LogP contribution in [0.2, 0.25) is 0 Å². The quantitative estimate of drug-likeness (QED) is 0.765. The van der Waals surface area contributed by atoms with E-state index in [0.717, 1.165) is 0 Å². The molecule has 0 saturated carbocycles. The van der Waals surface area contributed by atoms with Crippen molar-refractivity contribution >= 4 is 11.6 Å². The summed E-state index contributed by atoms with van der Waals surface area (Å²) in [6.07, 6.45) is 0. The van der Waals surface area contributed by atoms with Crippen LogP contribution < -0.4 is 15.5 Å². The van der Waals surface area contributed by atoms with Crippen molar-refractivity contribution in [3.8, 4) is 11.6 Å². The number of anilines is 1. The monoisotopic (exact) mass is 353 g/mol. The molecule has 6 nitrogen and oxygen atoms in total. The molecular formula is C19H16FN3O3. The van der Waals surface area contributed by atoms with E-state index in [2.05, 4.69) is 10.4 Å². The van der Waals surface area contributed by atoms with Crippen molar-refractivity contribution in [3.05, 3.63) is 82.4 Å². The lowest BCUT2D eigenvalue weighted by Gasteiger charge is -2.13. The summed E-state index contributed by atoms with van der Waals surface area (Å²) < 4.78 is 19.9. The number of hydrogen-bond acceptors (Lipinski definition) is 4. The smallest absolute Gasteiger partial charge is 0.280 e. The predicted molar refractivity (Wildman–Crippen MR) is 95.4 cm³/mol. The first-order chi connectivity index (χ1) is 12.6. The second-order valence-electron chi connectivity index (χ2n) is 5.34. The Labute approximate surface area is 148 Å². The standard InChI is InChI=1S/C19H16FN3O3/c1-2-26-17-12-16(24)18(19(25)21-14-6-4-3-5-7-14)22-23(17)15-10-8-13(20)9-11-15/h3-12H,2H2,1H3,(H,21,25). The van der Waals surface area contributed by atoms with E-state index in [-0.39, 0.29) is 11.6 Å². The molecule has 26 heavy (non-hydrogen) atoms. The second kappa shape index (κ2) is 7.60. The number of aromatic nitrogens is 2. The molecule has 0 aliphatic heterocycles. The van der Waals surface area contributed by atoms with Crippen LogP contribution >= 0.6 is 0 Å². The van der Waals surface area contributed by atoms with Crippen LogP contribution in [0.25, 0.3) is 5.69 Å². The van der Waals surface area contributed by atoms with Crippen molar-refractivity contribution < 1.29 is 13.9 Å². The lowest BCUT2D eigenvalue weighted by Crippen LogP contribution is -2.26. The summed E-state index contributed by atoms with van der Waals surface area (Å²) >= 11 is 0. The number of para-hydroxylation sites is 1. The van der Waals surface area contributed by atoms with Crippen LogP contribution in [0.1, 0.15) is 17.4 Å². The fourth-order valence-corrected chi connectivity index (χ4v) is 2.33. The van der Waals surface area contributed by atoms with Gasteiger partial charge >= 0.3 is 0 Å². The number of carbonyl (C=O) groups excluding carboxylic acids is 1. The van der Waals surface area contributed by atoms with Gasteiger partial charge in [0.25, 0.3) is 5.91 Å². The maximum Gasteiger partial charge on any atom is 0.280 e. The summed E-state index contributed by atoms with van der Waals surface area (Å²) in [7, 11) is 0. The highest BCUT2D eigenvalue weighted by Gasteiger charge is 2.17. The largest absolute Gasteiger partial charge is 0.478 e. The minimum atomic E-state index is -0.639. The Morgan fingerprint density at radius 3 is 2.50 bits per heavy atom. The van der Waals surface area contributed by atoms with Crippen molar-refractivity contribution in [1.82, 2.24) is 9.78 Å². The molecule has 0 aliphatic carbocycles. The average Bonchev–Trinajstić information content (AvgIpc) is 2.64. The van der Waals surface area contributed by atoms with Crippen LogP contribution in [0.4, 0.5) is 10.1 Å². The molecule has 0 saturated heterocycles. The first-order valence-corrected chi connectivity index (χ1v) is 7.98. The van der Waals surface area contributed by atoms with Crippen LogP contribution in [0, 0.1) is 5.82 Å². The molecular weight excluding hydrogens is 337 g/mol. The van der Waals surface area contributed by atoms with Crippen LogP contribution in [-0.4, -0.2) is 22.3 Å². The number of benzene rings is 2. The Balaban J connectivity index is 2.03. The molecule has 1 heterocycles. The number of halogens is 1. The average molecular weight is 353 g/mol. The van der Waals surface area contributed by atoms with E-state index in [0.29, 0.717) is 18.0 Å². The van der Waals surface area contributed by atoms with E-state index < -0.39 is 17.2 Å². The fourth-order valence-electron chi connectivity index (χ4n) is 2.33. The van der Waals surface area contributed by atoms with Gasteiger partial charge in [-0.05, 0) is 43.3 Å². The number of nitrogens with one attached hydrogen (secondary N) is 1. The number of ether oxygens (including phenoxy) is 1. The van der Waals surface area contributed by atoms with Gasteiger partial charge in [0.05, 0.1) is 18.4 Å². The number of carbonyl (C=O) groups is 1. The zero-order valence-electron chi connectivity index (χ0n) is 14.0. The Bertz CT molecular complexity index is 970. The minimum Gasteiger partial charge on any atom is -0.478 e. The van der Waals surface area contributed by atoms with Crippen LogP contribution in [0.3, 0.4) is 0 Å². The Hall–Kier alpha value is -3.48. The van der Waals surface area contributed by atoms with Crippen molar-refractivity contribution in [1.29, 1.82) is 0 Å². The maximum absolute atomic E-state index is 13.2. The molecule has 3 rings (SSSR count). The van der Waals surface area contributed by atoms with Crippen molar-refractivity contribution in [3.63, 3.8) is 0 Å². The van der Waals surface area contributed by atoms with Gasteiger partial charge in [-0.15, -0.1) is 0 Å². The third-order valence-electron chi connectivity index (χ3n) is 3.51. The zero-order valence-corrected chi connectivity index (χ0v) is 14.0. The van der Waals surface area contributed by atoms with Crippen LogP contribution in [-0.2, 0) is 0 Å². The van der Waals surface area contributed by atoms with Crippen LogP contribution in [0.5, 0.6) is 5.88 Å². The van der Waals surface area contributed by atoms with Gasteiger partial charge in [0.2, 0.25) is 11.3 Å². The van der Waals surface area contributed by atoms with Gasteiger partial charge in [0.15, 0.2) is 5.69 Å².